The molecule has 1 unspecified atom stereocenters. The fraction of sp³-hybridized carbons (Fsp3) is 0.273. The Morgan fingerprint density at radius 2 is 1.97 bits per heavy atom. The number of hydrogen-bond donors (Lipinski definition) is 1. The molecule has 1 aliphatic rings. The van der Waals surface area contributed by atoms with E-state index in [1.54, 1.807) is 24.3 Å². The smallest absolute Gasteiger partial charge is 0.326 e. The minimum Gasteiger partial charge on any atom is -0.326 e. The summed E-state index contributed by atoms with van der Waals surface area (Å²) >= 11 is 0. The minimum atomic E-state index is -4.46. The summed E-state index contributed by atoms with van der Waals surface area (Å²) in [6.07, 6.45) is -2.53. The largest absolute Gasteiger partial charge is 0.408 e. The van der Waals surface area contributed by atoms with Crippen LogP contribution in [0.1, 0.15) is 23.6 Å². The number of rotatable bonds is 3. The Balaban J connectivity index is 1.63. The fourth-order valence-electron chi connectivity index (χ4n) is 4.26. The lowest BCUT2D eigenvalue weighted by molar-refractivity contribution is -0.183. The zero-order chi connectivity index (χ0) is 22.5. The molecule has 1 saturated heterocycles. The molecule has 2 atom stereocenters. The van der Waals surface area contributed by atoms with Crippen molar-refractivity contribution in [3.8, 4) is 17.6 Å². The molecule has 0 radical (unpaired) electrons. The van der Waals surface area contributed by atoms with Crippen LogP contribution in [0.5, 0.6) is 0 Å². The standard InChI is InChI=1S/C22H18F3N7/c23-22(24,25)20(31-9-8-16(27)12-31)15-5-7-18-29-30-21(32(18)11-15)17-6-4-13-2-1-3-14(10-26)19(13)28-17/h1-7,11,16,20H,8-9,12,27H2/t16?,20-/m1/s1. The number of benzene rings is 1. The number of likely N-dealkylation sites (tertiary alicyclic amines) is 1. The highest BCUT2D eigenvalue weighted by Crippen LogP contribution is 2.39. The van der Waals surface area contributed by atoms with E-state index in [0.717, 1.165) is 5.39 Å². The van der Waals surface area contributed by atoms with Crippen LogP contribution in [0.2, 0.25) is 0 Å². The van der Waals surface area contributed by atoms with Gasteiger partial charge in [-0.1, -0.05) is 24.3 Å². The van der Waals surface area contributed by atoms with Crippen LogP contribution < -0.4 is 5.73 Å². The van der Waals surface area contributed by atoms with Gasteiger partial charge in [0.15, 0.2) is 11.5 Å². The molecule has 10 heteroatoms. The molecule has 7 nitrogen and oxygen atoms in total. The molecule has 2 N–H and O–H groups in total. The van der Waals surface area contributed by atoms with Crippen LogP contribution in [-0.2, 0) is 0 Å². The summed E-state index contributed by atoms with van der Waals surface area (Å²) in [5.41, 5.74) is 7.66. The molecule has 4 aromatic rings. The van der Waals surface area contributed by atoms with Crippen LogP contribution in [0.4, 0.5) is 13.2 Å². The Morgan fingerprint density at radius 1 is 1.12 bits per heavy atom. The van der Waals surface area contributed by atoms with Crippen LogP contribution in [0.25, 0.3) is 28.1 Å². The summed E-state index contributed by atoms with van der Waals surface area (Å²) in [5, 5.41) is 18.4. The van der Waals surface area contributed by atoms with Gasteiger partial charge < -0.3 is 5.73 Å². The van der Waals surface area contributed by atoms with Gasteiger partial charge in [0.2, 0.25) is 0 Å². The second-order valence-corrected chi connectivity index (χ2v) is 7.89. The van der Waals surface area contributed by atoms with Crippen molar-refractivity contribution in [3.63, 3.8) is 0 Å². The van der Waals surface area contributed by atoms with E-state index in [0.29, 0.717) is 34.7 Å². The van der Waals surface area contributed by atoms with E-state index in [1.807, 2.05) is 6.07 Å². The summed E-state index contributed by atoms with van der Waals surface area (Å²) in [4.78, 5) is 5.92. The number of fused-ring (bicyclic) bond motifs is 2. The Morgan fingerprint density at radius 3 is 2.69 bits per heavy atom. The number of para-hydroxylation sites is 1. The summed E-state index contributed by atoms with van der Waals surface area (Å²) in [5.74, 6) is 0.301. The molecule has 0 spiro atoms. The molecule has 1 aliphatic heterocycles. The first-order chi connectivity index (χ1) is 15.3. The van der Waals surface area contributed by atoms with Crippen molar-refractivity contribution in [3.05, 3.63) is 59.8 Å². The number of halogens is 3. The number of nitrogens with two attached hydrogens (primary N) is 1. The Bertz CT molecular complexity index is 1360. The van der Waals surface area contributed by atoms with Crippen LogP contribution in [0.15, 0.2) is 48.7 Å². The highest BCUT2D eigenvalue weighted by atomic mass is 19.4. The molecule has 4 heterocycles. The number of alkyl halides is 3. The van der Waals surface area contributed by atoms with Crippen LogP contribution in [0, 0.1) is 11.3 Å². The molecule has 0 saturated carbocycles. The zero-order valence-electron chi connectivity index (χ0n) is 16.8. The maximum absolute atomic E-state index is 14.0. The van der Waals surface area contributed by atoms with Crippen molar-refractivity contribution >= 4 is 16.6 Å². The van der Waals surface area contributed by atoms with Gasteiger partial charge in [-0.2, -0.15) is 18.4 Å². The zero-order valence-corrected chi connectivity index (χ0v) is 16.8. The lowest BCUT2D eigenvalue weighted by atomic mass is 10.1. The number of pyridine rings is 2. The van der Waals surface area contributed by atoms with Gasteiger partial charge in [-0.15, -0.1) is 10.2 Å². The number of nitriles is 1. The third kappa shape index (κ3) is 3.45. The molecule has 5 rings (SSSR count). The monoisotopic (exact) mass is 437 g/mol. The van der Waals surface area contributed by atoms with E-state index in [9.17, 15) is 18.4 Å². The maximum atomic E-state index is 14.0. The van der Waals surface area contributed by atoms with Crippen LogP contribution >= 0.6 is 0 Å². The van der Waals surface area contributed by atoms with E-state index in [2.05, 4.69) is 21.3 Å². The van der Waals surface area contributed by atoms with E-state index in [1.165, 1.54) is 27.6 Å². The molecule has 32 heavy (non-hydrogen) atoms. The Labute approximate surface area is 180 Å². The molecule has 3 aromatic heterocycles. The maximum Gasteiger partial charge on any atom is 0.408 e. The van der Waals surface area contributed by atoms with Gasteiger partial charge in [0, 0.05) is 30.7 Å². The minimum absolute atomic E-state index is 0.0821. The summed E-state index contributed by atoms with van der Waals surface area (Å²) in [6.45, 7) is 0.460. The first kappa shape index (κ1) is 20.4. The molecule has 162 valence electrons. The molecule has 1 aromatic carbocycles. The molecule has 1 fully saturated rings. The van der Waals surface area contributed by atoms with Crippen molar-refractivity contribution in [2.45, 2.75) is 24.7 Å². The lowest BCUT2D eigenvalue weighted by Crippen LogP contribution is -2.38. The topological polar surface area (TPSA) is 96.1 Å². The molecule has 0 aliphatic carbocycles. The predicted molar refractivity (Wildman–Crippen MR) is 111 cm³/mol. The summed E-state index contributed by atoms with van der Waals surface area (Å²) in [7, 11) is 0. The van der Waals surface area contributed by atoms with Gasteiger partial charge in [0.05, 0.1) is 11.1 Å². The predicted octanol–water partition coefficient (Wildman–Crippen LogP) is 3.45. The first-order valence-corrected chi connectivity index (χ1v) is 10.1. The average Bonchev–Trinajstić information content (AvgIpc) is 3.38. The van der Waals surface area contributed by atoms with E-state index >= 15 is 0 Å². The van der Waals surface area contributed by atoms with Crippen molar-refractivity contribution in [2.75, 3.05) is 13.1 Å². The van der Waals surface area contributed by atoms with Gasteiger partial charge in [-0.3, -0.25) is 9.30 Å². The van der Waals surface area contributed by atoms with Crippen molar-refractivity contribution in [1.82, 2.24) is 24.5 Å². The average molecular weight is 437 g/mol. The molecule has 0 amide bonds. The molecular formula is C22H18F3N7. The number of nitrogens with zero attached hydrogens (tertiary/aromatic N) is 6. The number of hydrogen-bond acceptors (Lipinski definition) is 6. The second-order valence-electron chi connectivity index (χ2n) is 7.89. The fourth-order valence-corrected chi connectivity index (χ4v) is 4.26. The normalized spacial score (nSPS) is 18.3. The van der Waals surface area contributed by atoms with Gasteiger partial charge in [0.25, 0.3) is 0 Å². The van der Waals surface area contributed by atoms with Crippen LogP contribution in [-0.4, -0.2) is 49.8 Å². The van der Waals surface area contributed by atoms with Crippen molar-refractivity contribution in [1.29, 1.82) is 5.26 Å². The van der Waals surface area contributed by atoms with Crippen molar-refractivity contribution in [2.24, 2.45) is 5.73 Å². The van der Waals surface area contributed by atoms with E-state index in [4.69, 9.17) is 5.73 Å². The van der Waals surface area contributed by atoms with Crippen LogP contribution in [0.3, 0.4) is 0 Å². The Hall–Kier alpha value is -3.55. The summed E-state index contributed by atoms with van der Waals surface area (Å²) < 4.78 is 43.6. The van der Waals surface area contributed by atoms with Gasteiger partial charge in [-0.05, 0) is 30.2 Å². The molecule has 0 bridgehead atoms. The highest BCUT2D eigenvalue weighted by Gasteiger charge is 2.46. The second kappa shape index (κ2) is 7.55. The summed E-state index contributed by atoms with van der Waals surface area (Å²) in [6, 6.07) is 11.8. The van der Waals surface area contributed by atoms with Crippen molar-refractivity contribution < 1.29 is 13.2 Å². The van der Waals surface area contributed by atoms with E-state index in [-0.39, 0.29) is 24.7 Å². The van der Waals surface area contributed by atoms with Gasteiger partial charge >= 0.3 is 6.18 Å². The van der Waals surface area contributed by atoms with Gasteiger partial charge in [0.1, 0.15) is 17.8 Å². The SMILES string of the molecule is N#Cc1cccc2ccc(-c3nnc4ccc([C@@H](N5CCC(N)C5)C(F)(F)F)cn34)nc12. The third-order valence-electron chi connectivity index (χ3n) is 5.74. The van der Waals surface area contributed by atoms with E-state index < -0.39 is 12.2 Å². The quantitative estimate of drug-likeness (QED) is 0.527. The molecular weight excluding hydrogens is 419 g/mol. The highest BCUT2D eigenvalue weighted by molar-refractivity contribution is 5.85. The first-order valence-electron chi connectivity index (χ1n) is 10.1. The van der Waals surface area contributed by atoms with Gasteiger partial charge in [-0.25, -0.2) is 4.98 Å². The number of aromatic nitrogens is 4. The third-order valence-corrected chi connectivity index (χ3v) is 5.74. The lowest BCUT2D eigenvalue weighted by Gasteiger charge is -2.30. The Kier molecular flexibility index (Phi) is 4.80.